The standard InChI is InChI=1S/C24H25N9/c1-16(2)21-13-32(23-18-8-10-27-22(18)29-15-30-23)11-12-33(21)24(28-14-25)31-20-7-3-6-19-17(20)5-4-9-26-19/h3-10,15-16,21H,11-13H2,1-2H3,(H,28,31)(H,27,29,30). The number of piperazine rings is 1. The number of rotatable bonds is 3. The average molecular weight is 440 g/mol. The van der Waals surface area contributed by atoms with E-state index < -0.39 is 0 Å². The van der Waals surface area contributed by atoms with E-state index in [0.29, 0.717) is 18.4 Å². The number of aromatic amines is 1. The lowest BCUT2D eigenvalue weighted by atomic mass is 9.99. The summed E-state index contributed by atoms with van der Waals surface area (Å²) in [7, 11) is 0. The monoisotopic (exact) mass is 439 g/mol. The minimum atomic E-state index is 0.135. The Balaban J connectivity index is 1.49. The number of nitrogens with zero attached hydrogens (tertiary/aromatic N) is 7. The van der Waals surface area contributed by atoms with Crippen LogP contribution in [-0.4, -0.2) is 56.5 Å². The summed E-state index contributed by atoms with van der Waals surface area (Å²) >= 11 is 0. The third-order valence-corrected chi connectivity index (χ3v) is 6.11. The maximum absolute atomic E-state index is 9.50. The maximum Gasteiger partial charge on any atom is 0.213 e. The summed E-state index contributed by atoms with van der Waals surface area (Å²) in [5, 5.41) is 14.3. The first kappa shape index (κ1) is 20.7. The molecule has 5 rings (SSSR count). The van der Waals surface area contributed by atoms with Gasteiger partial charge < -0.3 is 14.8 Å². The fourth-order valence-electron chi connectivity index (χ4n) is 4.46. The molecule has 3 aromatic heterocycles. The molecule has 4 heterocycles. The van der Waals surface area contributed by atoms with Crippen molar-refractivity contribution in [2.75, 3.05) is 24.5 Å². The van der Waals surface area contributed by atoms with Crippen LogP contribution in [0.2, 0.25) is 0 Å². The third kappa shape index (κ3) is 3.91. The van der Waals surface area contributed by atoms with Crippen molar-refractivity contribution in [1.29, 1.82) is 5.26 Å². The number of hydrogen-bond acceptors (Lipinski definition) is 6. The highest BCUT2D eigenvalue weighted by Gasteiger charge is 2.33. The first-order valence-corrected chi connectivity index (χ1v) is 11.0. The molecule has 2 N–H and O–H groups in total. The predicted molar refractivity (Wildman–Crippen MR) is 129 cm³/mol. The number of nitriles is 1. The van der Waals surface area contributed by atoms with Crippen LogP contribution in [0.15, 0.2) is 60.1 Å². The quantitative estimate of drug-likeness (QED) is 0.218. The van der Waals surface area contributed by atoms with E-state index in [9.17, 15) is 5.26 Å². The number of aromatic nitrogens is 4. The average Bonchev–Trinajstić information content (AvgIpc) is 3.33. The second-order valence-corrected chi connectivity index (χ2v) is 8.41. The Hall–Kier alpha value is -4.19. The van der Waals surface area contributed by atoms with Gasteiger partial charge in [-0.3, -0.25) is 10.3 Å². The van der Waals surface area contributed by atoms with Crippen LogP contribution < -0.4 is 10.2 Å². The Bertz CT molecular complexity index is 1350. The second-order valence-electron chi connectivity index (χ2n) is 8.41. The molecular formula is C24H25N9. The summed E-state index contributed by atoms with van der Waals surface area (Å²) in [5.74, 6) is 1.82. The van der Waals surface area contributed by atoms with Gasteiger partial charge in [-0.1, -0.05) is 19.9 Å². The Morgan fingerprint density at radius 2 is 2.06 bits per heavy atom. The Morgan fingerprint density at radius 3 is 2.91 bits per heavy atom. The third-order valence-electron chi connectivity index (χ3n) is 6.11. The number of fused-ring (bicyclic) bond motifs is 2. The van der Waals surface area contributed by atoms with Crippen LogP contribution in [0.3, 0.4) is 0 Å². The molecular weight excluding hydrogens is 414 g/mol. The van der Waals surface area contributed by atoms with Gasteiger partial charge in [-0.15, -0.1) is 0 Å². The fourth-order valence-corrected chi connectivity index (χ4v) is 4.46. The van der Waals surface area contributed by atoms with Crippen LogP contribution in [0.5, 0.6) is 0 Å². The molecule has 1 aliphatic rings. The highest BCUT2D eigenvalue weighted by atomic mass is 15.4. The van der Waals surface area contributed by atoms with Crippen molar-refractivity contribution in [2.24, 2.45) is 10.9 Å². The van der Waals surface area contributed by atoms with Gasteiger partial charge in [0, 0.05) is 37.4 Å². The molecule has 166 valence electrons. The van der Waals surface area contributed by atoms with Gasteiger partial charge in [-0.2, -0.15) is 5.26 Å². The highest BCUT2D eigenvalue weighted by molar-refractivity contribution is 5.94. The Morgan fingerprint density at radius 1 is 1.15 bits per heavy atom. The molecule has 0 aliphatic carbocycles. The van der Waals surface area contributed by atoms with E-state index in [4.69, 9.17) is 4.99 Å². The van der Waals surface area contributed by atoms with Crippen molar-refractivity contribution < 1.29 is 0 Å². The van der Waals surface area contributed by atoms with E-state index in [1.54, 1.807) is 12.5 Å². The summed E-state index contributed by atoms with van der Waals surface area (Å²) < 4.78 is 0. The number of pyridine rings is 1. The predicted octanol–water partition coefficient (Wildman–Crippen LogP) is 3.41. The van der Waals surface area contributed by atoms with Crippen molar-refractivity contribution in [3.63, 3.8) is 0 Å². The van der Waals surface area contributed by atoms with Gasteiger partial charge in [0.15, 0.2) is 6.19 Å². The molecule has 4 aromatic rings. The SMILES string of the molecule is CC(C)C1CN(c2ncnc3[nH]ccc23)CCN1C(=Nc1cccc2ncccc12)NC#N. The molecule has 0 bridgehead atoms. The number of benzene rings is 1. The molecule has 0 amide bonds. The molecule has 0 spiro atoms. The van der Waals surface area contributed by atoms with E-state index in [0.717, 1.165) is 46.5 Å². The van der Waals surface area contributed by atoms with Crippen LogP contribution >= 0.6 is 0 Å². The van der Waals surface area contributed by atoms with Gasteiger partial charge in [0.05, 0.1) is 22.6 Å². The molecule has 1 aliphatic heterocycles. The van der Waals surface area contributed by atoms with Crippen LogP contribution in [0.1, 0.15) is 13.8 Å². The molecule has 0 saturated carbocycles. The zero-order valence-corrected chi connectivity index (χ0v) is 18.6. The van der Waals surface area contributed by atoms with Gasteiger partial charge in [0.25, 0.3) is 0 Å². The van der Waals surface area contributed by atoms with Crippen molar-refractivity contribution >= 4 is 39.4 Å². The number of H-pyrrole nitrogens is 1. The number of anilines is 1. The summed E-state index contributed by atoms with van der Waals surface area (Å²) in [6.07, 6.45) is 7.34. The number of aliphatic imine (C=N–C) groups is 1. The van der Waals surface area contributed by atoms with Crippen LogP contribution in [0.25, 0.3) is 21.9 Å². The van der Waals surface area contributed by atoms with Gasteiger partial charge in [0.1, 0.15) is 17.8 Å². The second kappa shape index (κ2) is 8.74. The van der Waals surface area contributed by atoms with Gasteiger partial charge in [-0.05, 0) is 36.2 Å². The molecule has 1 atom stereocenters. The summed E-state index contributed by atoms with van der Waals surface area (Å²) in [6, 6.07) is 11.9. The Kier molecular flexibility index (Phi) is 5.48. The minimum Gasteiger partial charge on any atom is -0.352 e. The van der Waals surface area contributed by atoms with E-state index in [1.807, 2.05) is 42.6 Å². The minimum absolute atomic E-state index is 0.135. The Labute approximate surface area is 191 Å². The van der Waals surface area contributed by atoms with E-state index in [1.165, 1.54) is 0 Å². The van der Waals surface area contributed by atoms with Gasteiger partial charge >= 0.3 is 0 Å². The molecule has 9 nitrogen and oxygen atoms in total. The molecule has 1 aromatic carbocycles. The number of guanidine groups is 1. The first-order valence-electron chi connectivity index (χ1n) is 11.0. The van der Waals surface area contributed by atoms with Crippen molar-refractivity contribution in [2.45, 2.75) is 19.9 Å². The molecule has 1 unspecified atom stereocenters. The van der Waals surface area contributed by atoms with Crippen LogP contribution in [-0.2, 0) is 0 Å². The molecule has 33 heavy (non-hydrogen) atoms. The van der Waals surface area contributed by atoms with Crippen molar-refractivity contribution in [1.82, 2.24) is 30.2 Å². The number of hydrogen-bond donors (Lipinski definition) is 2. The zero-order chi connectivity index (χ0) is 22.8. The van der Waals surface area contributed by atoms with Crippen molar-refractivity contribution in [3.8, 4) is 6.19 Å². The topological polar surface area (TPSA) is 109 Å². The summed E-state index contributed by atoms with van der Waals surface area (Å²) in [6.45, 7) is 6.61. The summed E-state index contributed by atoms with van der Waals surface area (Å²) in [4.78, 5) is 25.9. The van der Waals surface area contributed by atoms with Gasteiger partial charge in [-0.25, -0.2) is 15.0 Å². The fraction of sp³-hybridized carbons (Fsp3) is 0.292. The molecule has 1 fully saturated rings. The lowest BCUT2D eigenvalue weighted by Gasteiger charge is -2.44. The van der Waals surface area contributed by atoms with E-state index in [2.05, 4.69) is 55.1 Å². The lowest BCUT2D eigenvalue weighted by Crippen LogP contribution is -2.59. The molecule has 0 radical (unpaired) electrons. The zero-order valence-electron chi connectivity index (χ0n) is 18.6. The van der Waals surface area contributed by atoms with Gasteiger partial charge in [0.2, 0.25) is 5.96 Å². The van der Waals surface area contributed by atoms with Crippen LogP contribution in [0, 0.1) is 17.4 Å². The van der Waals surface area contributed by atoms with E-state index in [-0.39, 0.29) is 6.04 Å². The normalized spacial score (nSPS) is 17.0. The van der Waals surface area contributed by atoms with Crippen LogP contribution in [0.4, 0.5) is 11.5 Å². The summed E-state index contributed by atoms with van der Waals surface area (Å²) in [5.41, 5.74) is 2.49. The smallest absolute Gasteiger partial charge is 0.213 e. The lowest BCUT2D eigenvalue weighted by molar-refractivity contribution is 0.220. The largest absolute Gasteiger partial charge is 0.352 e. The maximum atomic E-state index is 9.50. The van der Waals surface area contributed by atoms with E-state index >= 15 is 0 Å². The highest BCUT2D eigenvalue weighted by Crippen LogP contribution is 2.28. The van der Waals surface area contributed by atoms with Crippen molar-refractivity contribution in [3.05, 3.63) is 55.1 Å². The molecule has 1 saturated heterocycles. The number of nitrogens with one attached hydrogen (secondary N) is 2. The first-order chi connectivity index (χ1) is 16.2. The molecule has 9 heteroatoms.